The summed E-state index contributed by atoms with van der Waals surface area (Å²) in [5, 5.41) is 12.7. The van der Waals surface area contributed by atoms with E-state index in [9.17, 15) is 24.2 Å². The molecule has 308 valence electrons. The Balaban J connectivity index is 3.52. The molecule has 52 heavy (non-hydrogen) atoms. The third-order valence-corrected chi connectivity index (χ3v) is 10.4. The standard InChI is InChI=1S/C42H82NO8P/c1-3-5-7-9-11-13-15-16-17-18-19-20-21-22-23-24-25-26-28-30-32-34-41(45)43-36-37-50-52(47,48)51-39-40(44)38-49-42(46)35-33-31-29-27-14-12-10-8-6-4-2/h8,10,40,44H,3-7,9,11-39H2,1-2H3,(H,43,45)(H,47,48)/b10-8-. The van der Waals surface area contributed by atoms with Crippen molar-refractivity contribution in [3.8, 4) is 0 Å². The number of rotatable bonds is 41. The maximum Gasteiger partial charge on any atom is 0.472 e. The molecule has 0 saturated heterocycles. The van der Waals surface area contributed by atoms with Gasteiger partial charge in [0, 0.05) is 19.4 Å². The van der Waals surface area contributed by atoms with Gasteiger partial charge >= 0.3 is 13.8 Å². The number of phosphoric acid groups is 1. The number of carbonyl (C=O) groups excluding carboxylic acids is 2. The van der Waals surface area contributed by atoms with Crippen LogP contribution in [0, 0.1) is 0 Å². The minimum atomic E-state index is -4.41. The Hall–Kier alpha value is -1.25. The lowest BCUT2D eigenvalue weighted by atomic mass is 10.0. The molecule has 0 aromatic heterocycles. The van der Waals surface area contributed by atoms with Crippen LogP contribution in [0.25, 0.3) is 0 Å². The highest BCUT2D eigenvalue weighted by atomic mass is 31.2. The average Bonchev–Trinajstić information content (AvgIpc) is 3.13. The van der Waals surface area contributed by atoms with Crippen molar-refractivity contribution in [2.75, 3.05) is 26.4 Å². The van der Waals surface area contributed by atoms with E-state index in [0.717, 1.165) is 64.2 Å². The molecule has 0 radical (unpaired) electrons. The highest BCUT2D eigenvalue weighted by Crippen LogP contribution is 2.42. The van der Waals surface area contributed by atoms with Gasteiger partial charge in [-0.05, 0) is 32.1 Å². The van der Waals surface area contributed by atoms with Gasteiger partial charge in [-0.1, -0.05) is 180 Å². The van der Waals surface area contributed by atoms with E-state index in [0.29, 0.717) is 6.42 Å². The molecule has 10 heteroatoms. The van der Waals surface area contributed by atoms with E-state index in [1.807, 2.05) is 0 Å². The molecule has 0 bridgehead atoms. The number of nitrogens with one attached hydrogen (secondary N) is 1. The molecule has 0 aromatic carbocycles. The van der Waals surface area contributed by atoms with Crippen LogP contribution < -0.4 is 5.32 Å². The van der Waals surface area contributed by atoms with Crippen molar-refractivity contribution in [1.82, 2.24) is 5.32 Å². The summed E-state index contributed by atoms with van der Waals surface area (Å²) < 4.78 is 26.8. The van der Waals surface area contributed by atoms with Gasteiger partial charge in [-0.25, -0.2) is 4.57 Å². The molecule has 0 fully saturated rings. The number of aliphatic hydroxyl groups excluding tert-OH is 1. The van der Waals surface area contributed by atoms with Gasteiger partial charge in [-0.15, -0.1) is 0 Å². The first kappa shape index (κ1) is 50.8. The molecular formula is C42H82NO8P. The zero-order valence-corrected chi connectivity index (χ0v) is 34.7. The van der Waals surface area contributed by atoms with E-state index in [1.165, 1.54) is 122 Å². The van der Waals surface area contributed by atoms with E-state index < -0.39 is 26.5 Å². The first-order valence-corrected chi connectivity index (χ1v) is 23.2. The van der Waals surface area contributed by atoms with Gasteiger partial charge in [0.05, 0.1) is 13.2 Å². The van der Waals surface area contributed by atoms with Crippen LogP contribution in [-0.4, -0.2) is 54.3 Å². The molecule has 0 saturated carbocycles. The number of amides is 1. The van der Waals surface area contributed by atoms with Crippen molar-refractivity contribution in [1.29, 1.82) is 0 Å². The SMILES string of the molecule is CCC/C=C\CCCCCCCC(=O)OCC(O)COP(=O)(O)OCCNC(=O)CCCCCCCCCCCCCCCCCCCCCCC. The molecule has 3 N–H and O–H groups in total. The van der Waals surface area contributed by atoms with Crippen molar-refractivity contribution in [2.45, 2.75) is 219 Å². The maximum absolute atomic E-state index is 12.1. The molecule has 0 rings (SSSR count). The first-order chi connectivity index (χ1) is 25.3. The van der Waals surface area contributed by atoms with Crippen LogP contribution in [0.15, 0.2) is 12.2 Å². The Morgan fingerprint density at radius 3 is 1.52 bits per heavy atom. The molecule has 2 unspecified atom stereocenters. The van der Waals surface area contributed by atoms with Crippen LogP contribution in [0.3, 0.4) is 0 Å². The predicted molar refractivity (Wildman–Crippen MR) is 215 cm³/mol. The van der Waals surface area contributed by atoms with Crippen LogP contribution >= 0.6 is 7.82 Å². The topological polar surface area (TPSA) is 131 Å². The Bertz CT molecular complexity index is 871. The quantitative estimate of drug-likeness (QED) is 0.0243. The third kappa shape index (κ3) is 39.9. The number of unbranched alkanes of at least 4 members (excludes halogenated alkanes) is 26. The maximum atomic E-state index is 12.1. The summed E-state index contributed by atoms with van der Waals surface area (Å²) in [6, 6.07) is 0. The zero-order valence-electron chi connectivity index (χ0n) is 33.8. The summed E-state index contributed by atoms with van der Waals surface area (Å²) in [5.74, 6) is -0.520. The predicted octanol–water partition coefficient (Wildman–Crippen LogP) is 11.8. The Kier molecular flexibility index (Phi) is 38.5. The van der Waals surface area contributed by atoms with Gasteiger partial charge in [0.2, 0.25) is 5.91 Å². The first-order valence-electron chi connectivity index (χ1n) is 21.7. The minimum Gasteiger partial charge on any atom is -0.463 e. The van der Waals surface area contributed by atoms with Gasteiger partial charge in [0.25, 0.3) is 0 Å². The summed E-state index contributed by atoms with van der Waals surface area (Å²) >= 11 is 0. The molecule has 2 atom stereocenters. The number of ether oxygens (including phenoxy) is 1. The number of hydrogen-bond donors (Lipinski definition) is 3. The van der Waals surface area contributed by atoms with Crippen LogP contribution in [0.5, 0.6) is 0 Å². The second-order valence-corrected chi connectivity index (χ2v) is 16.1. The number of aliphatic hydroxyl groups is 1. The molecular weight excluding hydrogens is 677 g/mol. The molecule has 9 nitrogen and oxygen atoms in total. The van der Waals surface area contributed by atoms with Crippen molar-refractivity contribution in [3.63, 3.8) is 0 Å². The largest absolute Gasteiger partial charge is 0.472 e. The summed E-state index contributed by atoms with van der Waals surface area (Å²) in [5.41, 5.74) is 0. The van der Waals surface area contributed by atoms with E-state index >= 15 is 0 Å². The van der Waals surface area contributed by atoms with Crippen LogP contribution in [0.4, 0.5) is 0 Å². The van der Waals surface area contributed by atoms with E-state index in [1.54, 1.807) is 0 Å². The van der Waals surface area contributed by atoms with E-state index in [2.05, 4.69) is 31.3 Å². The van der Waals surface area contributed by atoms with Gasteiger partial charge < -0.3 is 20.1 Å². The fraction of sp³-hybridized carbons (Fsp3) is 0.905. The van der Waals surface area contributed by atoms with Crippen LogP contribution in [0.1, 0.15) is 213 Å². The molecule has 0 aliphatic carbocycles. The number of esters is 1. The smallest absolute Gasteiger partial charge is 0.463 e. The fourth-order valence-electron chi connectivity index (χ4n) is 6.15. The van der Waals surface area contributed by atoms with Crippen molar-refractivity contribution in [2.24, 2.45) is 0 Å². The number of allylic oxidation sites excluding steroid dienone is 2. The lowest BCUT2D eigenvalue weighted by molar-refractivity contribution is -0.147. The van der Waals surface area contributed by atoms with Crippen LogP contribution in [-0.2, 0) is 27.9 Å². The summed E-state index contributed by atoms with van der Waals surface area (Å²) in [4.78, 5) is 33.8. The van der Waals surface area contributed by atoms with Crippen molar-refractivity contribution < 1.29 is 37.9 Å². The van der Waals surface area contributed by atoms with Crippen molar-refractivity contribution in [3.05, 3.63) is 12.2 Å². The Labute approximate surface area is 319 Å². The lowest BCUT2D eigenvalue weighted by Crippen LogP contribution is -2.27. The van der Waals surface area contributed by atoms with Gasteiger partial charge in [0.1, 0.15) is 12.7 Å². The minimum absolute atomic E-state index is 0.0855. The number of hydrogen-bond acceptors (Lipinski definition) is 7. The zero-order chi connectivity index (χ0) is 38.2. The van der Waals surface area contributed by atoms with E-state index in [4.69, 9.17) is 13.8 Å². The second kappa shape index (κ2) is 39.4. The van der Waals surface area contributed by atoms with Gasteiger partial charge in [-0.3, -0.25) is 18.6 Å². The van der Waals surface area contributed by atoms with Crippen molar-refractivity contribution >= 4 is 19.7 Å². The summed E-state index contributed by atoms with van der Waals surface area (Å²) in [6.07, 6.45) is 40.2. The normalized spacial score (nSPS) is 13.4. The van der Waals surface area contributed by atoms with E-state index in [-0.39, 0.29) is 32.1 Å². The molecule has 0 aliphatic rings. The summed E-state index contributed by atoms with van der Waals surface area (Å²) in [7, 11) is -4.41. The monoisotopic (exact) mass is 760 g/mol. The Morgan fingerprint density at radius 1 is 0.577 bits per heavy atom. The molecule has 0 spiro atoms. The molecule has 1 amide bonds. The highest BCUT2D eigenvalue weighted by Gasteiger charge is 2.23. The molecule has 0 aliphatic heterocycles. The lowest BCUT2D eigenvalue weighted by Gasteiger charge is -2.15. The molecule has 0 aromatic rings. The van der Waals surface area contributed by atoms with Gasteiger partial charge in [0.15, 0.2) is 0 Å². The second-order valence-electron chi connectivity index (χ2n) is 14.7. The van der Waals surface area contributed by atoms with Gasteiger partial charge in [-0.2, -0.15) is 0 Å². The average molecular weight is 760 g/mol. The third-order valence-electron chi connectivity index (χ3n) is 9.43. The number of carbonyl (C=O) groups is 2. The fourth-order valence-corrected chi connectivity index (χ4v) is 6.91. The summed E-state index contributed by atoms with van der Waals surface area (Å²) in [6.45, 7) is 3.50. The highest BCUT2D eigenvalue weighted by molar-refractivity contribution is 7.47. The van der Waals surface area contributed by atoms with Crippen LogP contribution in [0.2, 0.25) is 0 Å². The Morgan fingerprint density at radius 2 is 1.02 bits per heavy atom. The molecule has 0 heterocycles. The number of phosphoric ester groups is 1.